The number of hydrogen-bond donors (Lipinski definition) is 2. The van der Waals surface area contributed by atoms with Crippen molar-refractivity contribution in [3.05, 3.63) is 35.1 Å². The van der Waals surface area contributed by atoms with Gasteiger partial charge in [-0.15, -0.1) is 11.3 Å². The molecule has 2 aromatic rings. The van der Waals surface area contributed by atoms with E-state index in [1.54, 1.807) is 12.3 Å². The number of pyridine rings is 1. The number of anilines is 1. The topological polar surface area (TPSA) is 98.0 Å². The lowest BCUT2D eigenvalue weighted by atomic mass is 10.3. The molecule has 9 heteroatoms. The summed E-state index contributed by atoms with van der Waals surface area (Å²) in [6, 6.07) is 2.86. The standard InChI is InChI=1S/C10H10N4O2S3/c1-6-5-18-10(13-6)14-19(15,16)7-2-3-8(9(11)17)12-4-7/h2-5H,1H3,(H2,11,17)(H,13,14). The third-order valence-electron chi connectivity index (χ3n) is 2.14. The van der Waals surface area contributed by atoms with Gasteiger partial charge < -0.3 is 5.73 Å². The fourth-order valence-corrected chi connectivity index (χ4v) is 3.27. The highest BCUT2D eigenvalue weighted by Gasteiger charge is 2.16. The Labute approximate surface area is 119 Å². The molecule has 0 aromatic carbocycles. The van der Waals surface area contributed by atoms with Crippen molar-refractivity contribution in [2.45, 2.75) is 11.8 Å². The smallest absolute Gasteiger partial charge is 0.265 e. The molecule has 3 N–H and O–H groups in total. The van der Waals surface area contributed by atoms with Gasteiger partial charge >= 0.3 is 0 Å². The van der Waals surface area contributed by atoms with Gasteiger partial charge in [0.1, 0.15) is 9.88 Å². The van der Waals surface area contributed by atoms with E-state index >= 15 is 0 Å². The lowest BCUT2D eigenvalue weighted by Crippen LogP contribution is -2.15. The molecule has 0 radical (unpaired) electrons. The third-order valence-corrected chi connectivity index (χ3v) is 4.68. The molecular formula is C10H10N4O2S3. The molecule has 0 saturated carbocycles. The summed E-state index contributed by atoms with van der Waals surface area (Å²) >= 11 is 5.96. The molecule has 100 valence electrons. The van der Waals surface area contributed by atoms with Crippen LogP contribution in [0.5, 0.6) is 0 Å². The Kier molecular flexibility index (Phi) is 3.78. The van der Waals surface area contributed by atoms with Crippen molar-refractivity contribution in [1.29, 1.82) is 0 Å². The number of aromatic nitrogens is 2. The van der Waals surface area contributed by atoms with Gasteiger partial charge in [-0.3, -0.25) is 9.71 Å². The molecule has 2 aromatic heterocycles. The Morgan fingerprint density at radius 2 is 2.21 bits per heavy atom. The van der Waals surface area contributed by atoms with E-state index in [0.29, 0.717) is 10.8 Å². The molecule has 0 saturated heterocycles. The number of hydrogen-bond acceptors (Lipinski definition) is 6. The van der Waals surface area contributed by atoms with Gasteiger partial charge in [0.15, 0.2) is 5.13 Å². The predicted octanol–water partition coefficient (Wildman–Crippen LogP) is 1.28. The minimum atomic E-state index is -3.69. The van der Waals surface area contributed by atoms with Gasteiger partial charge in [-0.2, -0.15) is 0 Å². The van der Waals surface area contributed by atoms with E-state index in [2.05, 4.69) is 14.7 Å². The predicted molar refractivity (Wildman–Crippen MR) is 77.8 cm³/mol. The quantitative estimate of drug-likeness (QED) is 0.825. The molecule has 0 spiro atoms. The van der Waals surface area contributed by atoms with E-state index in [1.165, 1.54) is 29.7 Å². The number of nitrogens with two attached hydrogens (primary N) is 1. The van der Waals surface area contributed by atoms with Crippen LogP contribution in [0.25, 0.3) is 0 Å². The highest BCUT2D eigenvalue weighted by Crippen LogP contribution is 2.19. The van der Waals surface area contributed by atoms with E-state index in [1.807, 2.05) is 0 Å². The fourth-order valence-electron chi connectivity index (χ4n) is 1.26. The highest BCUT2D eigenvalue weighted by molar-refractivity contribution is 7.93. The van der Waals surface area contributed by atoms with Gasteiger partial charge in [-0.05, 0) is 19.1 Å². The lowest BCUT2D eigenvalue weighted by Gasteiger charge is -2.05. The molecular weight excluding hydrogens is 304 g/mol. The van der Waals surface area contributed by atoms with Crippen molar-refractivity contribution in [3.63, 3.8) is 0 Å². The van der Waals surface area contributed by atoms with E-state index in [0.717, 1.165) is 5.69 Å². The number of thiazole rings is 1. The first-order valence-electron chi connectivity index (χ1n) is 5.09. The summed E-state index contributed by atoms with van der Waals surface area (Å²) in [6.45, 7) is 1.78. The van der Waals surface area contributed by atoms with Crippen molar-refractivity contribution in [1.82, 2.24) is 9.97 Å². The summed E-state index contributed by atoms with van der Waals surface area (Å²) in [5.74, 6) is 0. The zero-order chi connectivity index (χ0) is 14.0. The van der Waals surface area contributed by atoms with Gasteiger partial charge in [0, 0.05) is 11.6 Å². The summed E-state index contributed by atoms with van der Waals surface area (Å²) in [7, 11) is -3.69. The largest absolute Gasteiger partial charge is 0.388 e. The Balaban J connectivity index is 2.26. The first-order chi connectivity index (χ1) is 8.88. The molecule has 0 atom stereocenters. The Hall–Kier alpha value is -1.58. The van der Waals surface area contributed by atoms with E-state index in [9.17, 15) is 8.42 Å². The summed E-state index contributed by atoms with van der Waals surface area (Å²) in [6.07, 6.45) is 1.21. The first kappa shape index (κ1) is 13.8. The second-order valence-corrected chi connectivity index (χ2v) is 6.62. The number of rotatable bonds is 4. The van der Waals surface area contributed by atoms with Crippen LogP contribution in [0.1, 0.15) is 11.4 Å². The van der Waals surface area contributed by atoms with E-state index in [4.69, 9.17) is 18.0 Å². The molecule has 19 heavy (non-hydrogen) atoms. The summed E-state index contributed by atoms with van der Waals surface area (Å²) in [5.41, 5.74) is 6.52. The molecule has 0 bridgehead atoms. The number of nitrogens with zero attached hydrogens (tertiary/aromatic N) is 2. The van der Waals surface area contributed by atoms with Gasteiger partial charge in [0.2, 0.25) is 0 Å². The highest BCUT2D eigenvalue weighted by atomic mass is 32.2. The van der Waals surface area contributed by atoms with Crippen LogP contribution in [-0.2, 0) is 10.0 Å². The maximum absolute atomic E-state index is 12.0. The minimum Gasteiger partial charge on any atom is -0.388 e. The van der Waals surface area contributed by atoms with Crippen LogP contribution in [0.2, 0.25) is 0 Å². The second-order valence-electron chi connectivity index (χ2n) is 3.64. The maximum Gasteiger partial charge on any atom is 0.265 e. The number of thiocarbonyl (C=S) groups is 1. The first-order valence-corrected chi connectivity index (χ1v) is 7.86. The van der Waals surface area contributed by atoms with Crippen LogP contribution in [0.15, 0.2) is 28.6 Å². The summed E-state index contributed by atoms with van der Waals surface area (Å²) < 4.78 is 26.5. The lowest BCUT2D eigenvalue weighted by molar-refractivity contribution is 0.601. The van der Waals surface area contributed by atoms with E-state index < -0.39 is 10.0 Å². The van der Waals surface area contributed by atoms with Gasteiger partial charge in [-0.1, -0.05) is 12.2 Å². The molecule has 2 rings (SSSR count). The summed E-state index contributed by atoms with van der Waals surface area (Å²) in [4.78, 5) is 8.07. The zero-order valence-corrected chi connectivity index (χ0v) is 12.3. The normalized spacial score (nSPS) is 11.2. The average Bonchev–Trinajstić information content (AvgIpc) is 2.74. The maximum atomic E-state index is 12.0. The van der Waals surface area contributed by atoms with Crippen molar-refractivity contribution in [2.24, 2.45) is 5.73 Å². The monoisotopic (exact) mass is 314 g/mol. The SMILES string of the molecule is Cc1csc(NS(=O)(=O)c2ccc(C(N)=S)nc2)n1. The van der Waals surface area contributed by atoms with Crippen LogP contribution >= 0.6 is 23.6 Å². The molecule has 0 amide bonds. The molecule has 0 fully saturated rings. The van der Waals surface area contributed by atoms with Crippen LogP contribution in [0.4, 0.5) is 5.13 Å². The number of aryl methyl sites for hydroxylation is 1. The molecule has 0 aliphatic rings. The second kappa shape index (κ2) is 5.19. The van der Waals surface area contributed by atoms with Crippen LogP contribution in [0.3, 0.4) is 0 Å². The van der Waals surface area contributed by atoms with Crippen LogP contribution < -0.4 is 10.5 Å². The minimum absolute atomic E-state index is 0.0281. The van der Waals surface area contributed by atoms with Crippen molar-refractivity contribution in [3.8, 4) is 0 Å². The van der Waals surface area contributed by atoms with Crippen molar-refractivity contribution >= 4 is 43.7 Å². The van der Waals surface area contributed by atoms with Gasteiger partial charge in [0.05, 0.1) is 11.4 Å². The Morgan fingerprint density at radius 1 is 1.47 bits per heavy atom. The number of nitrogens with one attached hydrogen (secondary N) is 1. The molecule has 0 aliphatic heterocycles. The zero-order valence-electron chi connectivity index (χ0n) is 9.82. The molecule has 2 heterocycles. The fraction of sp³-hybridized carbons (Fsp3) is 0.100. The van der Waals surface area contributed by atoms with Crippen LogP contribution in [-0.4, -0.2) is 23.4 Å². The van der Waals surface area contributed by atoms with Gasteiger partial charge in [-0.25, -0.2) is 13.4 Å². The average molecular weight is 314 g/mol. The van der Waals surface area contributed by atoms with Crippen molar-refractivity contribution < 1.29 is 8.42 Å². The Bertz CT molecular complexity index is 707. The van der Waals surface area contributed by atoms with E-state index in [-0.39, 0.29) is 9.88 Å². The molecule has 0 unspecified atom stereocenters. The van der Waals surface area contributed by atoms with Crippen LogP contribution in [0, 0.1) is 6.92 Å². The molecule has 6 nitrogen and oxygen atoms in total. The molecule has 0 aliphatic carbocycles. The van der Waals surface area contributed by atoms with Crippen molar-refractivity contribution in [2.75, 3.05) is 4.72 Å². The number of sulfonamides is 1. The third kappa shape index (κ3) is 3.25. The van der Waals surface area contributed by atoms with Gasteiger partial charge in [0.25, 0.3) is 10.0 Å². The Morgan fingerprint density at radius 3 is 2.68 bits per heavy atom. The summed E-state index contributed by atoms with van der Waals surface area (Å²) in [5, 5.41) is 2.07.